The molecule has 2 rings (SSSR count). The zero-order valence-electron chi connectivity index (χ0n) is 13.7. The van der Waals surface area contributed by atoms with Crippen molar-refractivity contribution in [1.29, 1.82) is 5.26 Å². The van der Waals surface area contributed by atoms with Crippen LogP contribution < -0.4 is 0 Å². The highest BCUT2D eigenvalue weighted by molar-refractivity contribution is 6.07. The summed E-state index contributed by atoms with van der Waals surface area (Å²) in [5.41, 5.74) is 5.12. The molecule has 0 N–H and O–H groups in total. The van der Waals surface area contributed by atoms with Crippen molar-refractivity contribution in [3.63, 3.8) is 0 Å². The molecule has 2 radical (unpaired) electrons. The highest BCUT2D eigenvalue weighted by Gasteiger charge is 2.23. The van der Waals surface area contributed by atoms with E-state index in [2.05, 4.69) is 16.3 Å². The number of aryl methyl sites for hydroxylation is 4. The summed E-state index contributed by atoms with van der Waals surface area (Å²) in [4.78, 5) is 0. The van der Waals surface area contributed by atoms with E-state index in [4.69, 9.17) is 12.7 Å². The number of hydrogen-bond donors (Lipinski definition) is 0. The Morgan fingerprint density at radius 3 is 1.77 bits per heavy atom. The van der Waals surface area contributed by atoms with Crippen LogP contribution >= 0.6 is 0 Å². The molecule has 0 aromatic carbocycles. The molecule has 0 aliphatic heterocycles. The standard InChI is InChI=1S/C15H18BN5O/c1-8-13(10(3)20(5)18-8)12(7-17)15(22-16)14-9(2)19-21(6)11(14)4/h1-6H3. The topological polar surface area (TPSA) is 68.7 Å². The van der Waals surface area contributed by atoms with E-state index in [9.17, 15) is 5.26 Å². The van der Waals surface area contributed by atoms with Crippen LogP contribution in [0.15, 0.2) is 0 Å². The minimum Gasteiger partial charge on any atom is -0.566 e. The Balaban J connectivity index is 2.83. The maximum atomic E-state index is 9.68. The van der Waals surface area contributed by atoms with Crippen molar-refractivity contribution in [1.82, 2.24) is 19.6 Å². The summed E-state index contributed by atoms with van der Waals surface area (Å²) in [5.74, 6) is 0.324. The fourth-order valence-electron chi connectivity index (χ4n) is 2.70. The lowest BCUT2D eigenvalue weighted by molar-refractivity contribution is 0.573. The fraction of sp³-hybridized carbons (Fsp3) is 0.400. The van der Waals surface area contributed by atoms with E-state index in [1.165, 1.54) is 0 Å². The second-order valence-corrected chi connectivity index (χ2v) is 5.27. The van der Waals surface area contributed by atoms with Gasteiger partial charge in [-0.3, -0.25) is 9.36 Å². The first kappa shape index (κ1) is 15.9. The summed E-state index contributed by atoms with van der Waals surface area (Å²) in [6, 6.07) is 2.21. The van der Waals surface area contributed by atoms with Crippen molar-refractivity contribution < 1.29 is 4.65 Å². The first-order chi connectivity index (χ1) is 10.3. The monoisotopic (exact) mass is 295 g/mol. The van der Waals surface area contributed by atoms with Crippen molar-refractivity contribution >= 4 is 19.4 Å². The number of nitriles is 1. The van der Waals surface area contributed by atoms with Crippen LogP contribution in [-0.4, -0.2) is 27.6 Å². The van der Waals surface area contributed by atoms with E-state index in [1.807, 2.05) is 41.8 Å². The number of allylic oxidation sites excluding steroid dienone is 1. The van der Waals surface area contributed by atoms with Gasteiger partial charge in [-0.1, -0.05) is 0 Å². The van der Waals surface area contributed by atoms with E-state index in [1.54, 1.807) is 9.36 Å². The second kappa shape index (κ2) is 5.72. The van der Waals surface area contributed by atoms with Gasteiger partial charge >= 0.3 is 8.05 Å². The molecule has 0 atom stereocenters. The van der Waals surface area contributed by atoms with Crippen LogP contribution in [0.1, 0.15) is 33.9 Å². The molecule has 7 heteroatoms. The molecule has 0 saturated heterocycles. The number of rotatable bonds is 3. The molecule has 0 spiro atoms. The SMILES string of the molecule is [B]OC(=C(C#N)c1c(C)nn(C)c1C)c1c(C)nn(C)c1C. The summed E-state index contributed by atoms with van der Waals surface area (Å²) in [7, 11) is 9.18. The number of hydrogen-bond acceptors (Lipinski definition) is 4. The van der Waals surface area contributed by atoms with E-state index in [0.29, 0.717) is 11.3 Å². The summed E-state index contributed by atoms with van der Waals surface area (Å²) in [6.45, 7) is 7.53. The minimum absolute atomic E-state index is 0.324. The summed E-state index contributed by atoms with van der Waals surface area (Å²) in [6.07, 6.45) is 0. The van der Waals surface area contributed by atoms with Gasteiger partial charge in [0.15, 0.2) is 0 Å². The highest BCUT2D eigenvalue weighted by atomic mass is 16.4. The first-order valence-corrected chi connectivity index (χ1v) is 6.85. The van der Waals surface area contributed by atoms with Gasteiger partial charge in [0.25, 0.3) is 0 Å². The van der Waals surface area contributed by atoms with Gasteiger partial charge in [-0.05, 0) is 27.7 Å². The smallest absolute Gasteiger partial charge is 0.374 e. The molecule has 0 fully saturated rings. The third-order valence-corrected chi connectivity index (χ3v) is 3.95. The van der Waals surface area contributed by atoms with Crippen LogP contribution in [0, 0.1) is 39.0 Å². The largest absolute Gasteiger partial charge is 0.566 e. The molecular formula is C15H18BN5O. The van der Waals surface area contributed by atoms with Gasteiger partial charge in [-0.2, -0.15) is 15.5 Å². The van der Waals surface area contributed by atoms with Crippen LogP contribution in [0.4, 0.5) is 0 Å². The quantitative estimate of drug-likeness (QED) is 0.492. The third-order valence-electron chi connectivity index (χ3n) is 3.95. The Morgan fingerprint density at radius 1 is 1.00 bits per heavy atom. The molecule has 2 aromatic rings. The van der Waals surface area contributed by atoms with Gasteiger partial charge in [0.05, 0.1) is 17.0 Å². The lowest BCUT2D eigenvalue weighted by Gasteiger charge is -2.11. The molecule has 0 aliphatic carbocycles. The average Bonchev–Trinajstić information content (AvgIpc) is 2.86. The maximum Gasteiger partial charge on any atom is 0.374 e. The van der Waals surface area contributed by atoms with Crippen LogP contribution in [0.3, 0.4) is 0 Å². The van der Waals surface area contributed by atoms with Gasteiger partial charge in [-0.25, -0.2) is 0 Å². The zero-order chi connectivity index (χ0) is 16.6. The Morgan fingerprint density at radius 2 is 1.45 bits per heavy atom. The minimum atomic E-state index is 0.324. The molecule has 22 heavy (non-hydrogen) atoms. The van der Waals surface area contributed by atoms with Gasteiger partial charge in [-0.15, -0.1) is 0 Å². The molecule has 0 saturated carbocycles. The molecule has 0 amide bonds. The van der Waals surface area contributed by atoms with E-state index in [0.717, 1.165) is 33.9 Å². The van der Waals surface area contributed by atoms with Crippen molar-refractivity contribution in [3.05, 3.63) is 33.9 Å². The van der Waals surface area contributed by atoms with Crippen LogP contribution in [-0.2, 0) is 18.7 Å². The van der Waals surface area contributed by atoms with E-state index in [-0.39, 0.29) is 0 Å². The predicted molar refractivity (Wildman–Crippen MR) is 84.6 cm³/mol. The zero-order valence-corrected chi connectivity index (χ0v) is 13.7. The van der Waals surface area contributed by atoms with E-state index < -0.39 is 0 Å². The highest BCUT2D eigenvalue weighted by Crippen LogP contribution is 2.32. The first-order valence-electron chi connectivity index (χ1n) is 6.85. The molecule has 0 unspecified atom stereocenters. The van der Waals surface area contributed by atoms with Gasteiger partial charge < -0.3 is 4.65 Å². The predicted octanol–water partition coefficient (Wildman–Crippen LogP) is 1.88. The van der Waals surface area contributed by atoms with Gasteiger partial charge in [0.1, 0.15) is 17.4 Å². The second-order valence-electron chi connectivity index (χ2n) is 5.27. The van der Waals surface area contributed by atoms with E-state index >= 15 is 0 Å². The van der Waals surface area contributed by atoms with Gasteiger partial charge in [0.2, 0.25) is 0 Å². The maximum absolute atomic E-state index is 9.68. The normalized spacial score (nSPS) is 12.0. The molecule has 112 valence electrons. The molecule has 6 nitrogen and oxygen atoms in total. The molecule has 0 bridgehead atoms. The third kappa shape index (κ3) is 2.31. The lowest BCUT2D eigenvalue weighted by Crippen LogP contribution is -2.00. The number of nitrogens with zero attached hydrogens (tertiary/aromatic N) is 5. The average molecular weight is 295 g/mol. The van der Waals surface area contributed by atoms with Crippen molar-refractivity contribution in [2.24, 2.45) is 14.1 Å². The Kier molecular flexibility index (Phi) is 4.13. The summed E-state index contributed by atoms with van der Waals surface area (Å²) < 4.78 is 8.58. The molecule has 2 heterocycles. The van der Waals surface area contributed by atoms with Crippen molar-refractivity contribution in [2.45, 2.75) is 27.7 Å². The Bertz CT molecular complexity index is 807. The Hall–Kier alpha value is -2.49. The number of aromatic nitrogens is 4. The van der Waals surface area contributed by atoms with Gasteiger partial charge in [0, 0.05) is 31.0 Å². The Labute approximate surface area is 131 Å². The van der Waals surface area contributed by atoms with Crippen molar-refractivity contribution in [3.8, 4) is 6.07 Å². The van der Waals surface area contributed by atoms with Crippen LogP contribution in [0.5, 0.6) is 0 Å². The molecular weight excluding hydrogens is 277 g/mol. The summed E-state index contributed by atoms with van der Waals surface area (Å²) in [5, 5.41) is 18.4. The van der Waals surface area contributed by atoms with Crippen molar-refractivity contribution in [2.75, 3.05) is 0 Å². The van der Waals surface area contributed by atoms with Crippen LogP contribution in [0.25, 0.3) is 11.3 Å². The lowest BCUT2D eigenvalue weighted by atomic mass is 9.99. The molecule has 0 aliphatic rings. The van der Waals surface area contributed by atoms with Crippen LogP contribution in [0.2, 0.25) is 0 Å². The summed E-state index contributed by atoms with van der Waals surface area (Å²) >= 11 is 0. The fourth-order valence-corrected chi connectivity index (χ4v) is 2.70. The molecule has 2 aromatic heterocycles.